The number of esters is 1. The number of hydrogen-bond donors (Lipinski definition) is 2. The molecule has 2 N–H and O–H groups in total. The summed E-state index contributed by atoms with van der Waals surface area (Å²) in [5.74, 6) is 1.59. The zero-order valence-corrected chi connectivity index (χ0v) is 41.2. The molecular weight excluding hydrogens is 785 g/mol. The number of benzene rings is 1. The van der Waals surface area contributed by atoms with E-state index in [1.807, 2.05) is 20.8 Å². The molecule has 1 aromatic carbocycles. The van der Waals surface area contributed by atoms with Crippen LogP contribution in [-0.4, -0.2) is 46.5 Å². The number of ketones is 1. The van der Waals surface area contributed by atoms with Crippen LogP contribution in [-0.2, 0) is 30.3 Å². The SMILES string of the molecule is CC(C)C1=C2[C@H]3CC[C@@H]4[C@@]5(C)CC[C@H](OC(=O)[C@H]6C[C@@H](Cc7ccccc7)C6(C)C)C(C)(C)[C@@H]5CC[C@@]4(C)[C@]3(C)CC[C@@]2(NC(=O)C2(NC(=O)OC(C)(C)C)CCCCC2)CC1=O. The molecule has 7 aliphatic carbocycles. The first-order valence-electron chi connectivity index (χ1n) is 25.2. The van der Waals surface area contributed by atoms with Crippen LogP contribution in [0.2, 0.25) is 0 Å². The van der Waals surface area contributed by atoms with Crippen molar-refractivity contribution in [1.82, 2.24) is 10.6 Å². The number of amides is 2. The molecule has 2 amide bonds. The van der Waals surface area contributed by atoms with Crippen LogP contribution in [0.1, 0.15) is 185 Å². The highest BCUT2D eigenvalue weighted by Crippen LogP contribution is 2.76. The average Bonchev–Trinajstić information content (AvgIpc) is 3.49. The Morgan fingerprint density at radius 2 is 1.44 bits per heavy atom. The minimum atomic E-state index is -1.07. The van der Waals surface area contributed by atoms with Crippen molar-refractivity contribution >= 4 is 23.8 Å². The van der Waals surface area contributed by atoms with Gasteiger partial charge in [-0.3, -0.25) is 14.4 Å². The predicted octanol–water partition coefficient (Wildman–Crippen LogP) is 11.9. The minimum absolute atomic E-state index is 0.00723. The van der Waals surface area contributed by atoms with Crippen molar-refractivity contribution in [3.05, 3.63) is 47.0 Å². The highest BCUT2D eigenvalue weighted by molar-refractivity contribution is 6.03. The lowest BCUT2D eigenvalue weighted by Gasteiger charge is -2.72. The molecule has 6 fully saturated rings. The van der Waals surface area contributed by atoms with Crippen molar-refractivity contribution in [3.63, 3.8) is 0 Å². The number of hydrogen-bond acceptors (Lipinski definition) is 6. The molecule has 0 heterocycles. The van der Waals surface area contributed by atoms with E-state index >= 15 is 0 Å². The van der Waals surface area contributed by atoms with Gasteiger partial charge in [0.15, 0.2) is 5.78 Å². The van der Waals surface area contributed by atoms with Gasteiger partial charge in [-0.15, -0.1) is 0 Å². The number of alkyl carbamates (subject to hydrolysis) is 1. The van der Waals surface area contributed by atoms with E-state index in [2.05, 4.69) is 103 Å². The summed E-state index contributed by atoms with van der Waals surface area (Å²) in [7, 11) is 0. The van der Waals surface area contributed by atoms with Gasteiger partial charge in [0.2, 0.25) is 5.91 Å². The first kappa shape index (κ1) is 46.4. The average molecular weight is 867 g/mol. The third-order valence-electron chi connectivity index (χ3n) is 19.9. The monoisotopic (exact) mass is 867 g/mol. The Morgan fingerprint density at radius 1 is 0.762 bits per heavy atom. The molecule has 10 atom stereocenters. The Labute approximate surface area is 380 Å². The highest BCUT2D eigenvalue weighted by atomic mass is 16.6. The van der Waals surface area contributed by atoms with E-state index < -0.39 is 22.8 Å². The zero-order chi connectivity index (χ0) is 45.8. The molecule has 0 spiro atoms. The Balaban J connectivity index is 1.02. The molecule has 0 saturated heterocycles. The Hall–Kier alpha value is -3.16. The van der Waals surface area contributed by atoms with Crippen molar-refractivity contribution in [1.29, 1.82) is 0 Å². The second-order valence-electron chi connectivity index (χ2n) is 25.3. The number of rotatable bonds is 8. The van der Waals surface area contributed by atoms with Crippen molar-refractivity contribution in [2.24, 2.45) is 62.6 Å². The smallest absolute Gasteiger partial charge is 0.408 e. The second-order valence-corrected chi connectivity index (χ2v) is 25.3. The van der Waals surface area contributed by atoms with Crippen molar-refractivity contribution in [2.75, 3.05) is 0 Å². The molecule has 0 unspecified atom stereocenters. The Bertz CT molecular complexity index is 2000. The quantitative estimate of drug-likeness (QED) is 0.252. The van der Waals surface area contributed by atoms with Gasteiger partial charge in [0.25, 0.3) is 0 Å². The van der Waals surface area contributed by atoms with E-state index in [1.165, 1.54) is 11.1 Å². The van der Waals surface area contributed by atoms with Crippen LogP contribution < -0.4 is 10.6 Å². The molecule has 348 valence electrons. The summed E-state index contributed by atoms with van der Waals surface area (Å²) in [4.78, 5) is 56.7. The third kappa shape index (κ3) is 7.44. The fourth-order valence-electron chi connectivity index (χ4n) is 16.2. The van der Waals surface area contributed by atoms with Gasteiger partial charge in [0.1, 0.15) is 17.2 Å². The fourth-order valence-corrected chi connectivity index (χ4v) is 16.2. The van der Waals surface area contributed by atoms with Gasteiger partial charge in [-0.05, 0) is 166 Å². The molecule has 1 aromatic rings. The van der Waals surface area contributed by atoms with Crippen LogP contribution in [0.5, 0.6) is 0 Å². The first-order chi connectivity index (χ1) is 29.3. The lowest BCUT2D eigenvalue weighted by atomic mass is 9.33. The number of ether oxygens (including phenoxy) is 2. The number of carbonyl (C=O) groups excluding carboxylic acids is 4. The summed E-state index contributed by atoms with van der Waals surface area (Å²) in [5.41, 5.74) is 0.805. The molecule has 7 aliphatic rings. The molecule has 6 saturated carbocycles. The number of carbonyl (C=O) groups is 4. The summed E-state index contributed by atoms with van der Waals surface area (Å²) in [6, 6.07) is 10.7. The Kier molecular flexibility index (Phi) is 11.6. The number of allylic oxidation sites excluding steroid dienone is 1. The predicted molar refractivity (Wildman–Crippen MR) is 248 cm³/mol. The summed E-state index contributed by atoms with van der Waals surface area (Å²) in [6.45, 7) is 26.9. The maximum Gasteiger partial charge on any atom is 0.408 e. The lowest BCUT2D eigenvalue weighted by Crippen LogP contribution is -2.69. The molecule has 0 aromatic heterocycles. The number of nitrogens with one attached hydrogen (secondary N) is 2. The van der Waals surface area contributed by atoms with Gasteiger partial charge >= 0.3 is 12.1 Å². The molecule has 8 heteroatoms. The summed E-state index contributed by atoms with van der Waals surface area (Å²) >= 11 is 0. The topological polar surface area (TPSA) is 111 Å². The maximum absolute atomic E-state index is 14.9. The van der Waals surface area contributed by atoms with Crippen LogP contribution in [0.15, 0.2) is 41.5 Å². The van der Waals surface area contributed by atoms with Crippen molar-refractivity contribution < 1.29 is 28.7 Å². The van der Waals surface area contributed by atoms with Gasteiger partial charge in [-0.1, -0.05) is 112 Å². The van der Waals surface area contributed by atoms with E-state index in [1.54, 1.807) is 0 Å². The maximum atomic E-state index is 14.9. The zero-order valence-electron chi connectivity index (χ0n) is 41.2. The van der Waals surface area contributed by atoms with Crippen LogP contribution in [0.25, 0.3) is 0 Å². The largest absolute Gasteiger partial charge is 0.462 e. The number of fused-ring (bicyclic) bond motifs is 7. The lowest BCUT2D eigenvalue weighted by molar-refractivity contribution is -0.235. The van der Waals surface area contributed by atoms with E-state index in [0.717, 1.165) is 89.0 Å². The second kappa shape index (κ2) is 15.7. The normalized spacial score (nSPS) is 38.8. The van der Waals surface area contributed by atoms with E-state index in [-0.39, 0.29) is 68.6 Å². The minimum Gasteiger partial charge on any atom is -0.462 e. The van der Waals surface area contributed by atoms with Crippen molar-refractivity contribution in [2.45, 2.75) is 209 Å². The molecule has 8 rings (SSSR count). The third-order valence-corrected chi connectivity index (χ3v) is 19.9. The van der Waals surface area contributed by atoms with Gasteiger partial charge in [-0.2, -0.15) is 0 Å². The molecule has 0 aliphatic heterocycles. The van der Waals surface area contributed by atoms with E-state index in [0.29, 0.717) is 37.0 Å². The Morgan fingerprint density at radius 3 is 2.08 bits per heavy atom. The summed E-state index contributed by atoms with van der Waals surface area (Å²) < 4.78 is 12.4. The van der Waals surface area contributed by atoms with Crippen LogP contribution in [0, 0.1) is 62.6 Å². The molecular formula is C55H82N2O6. The van der Waals surface area contributed by atoms with E-state index in [9.17, 15) is 19.2 Å². The van der Waals surface area contributed by atoms with E-state index in [4.69, 9.17) is 9.47 Å². The fraction of sp³-hybridized carbons (Fsp3) is 0.782. The highest BCUT2D eigenvalue weighted by Gasteiger charge is 2.71. The summed E-state index contributed by atoms with van der Waals surface area (Å²) in [6.07, 6.45) is 13.3. The van der Waals surface area contributed by atoms with Gasteiger partial charge in [-0.25, -0.2) is 4.79 Å². The molecule has 8 nitrogen and oxygen atoms in total. The van der Waals surface area contributed by atoms with Crippen molar-refractivity contribution in [3.8, 4) is 0 Å². The first-order valence-corrected chi connectivity index (χ1v) is 25.2. The van der Waals surface area contributed by atoms with Crippen LogP contribution >= 0.6 is 0 Å². The molecule has 63 heavy (non-hydrogen) atoms. The summed E-state index contributed by atoms with van der Waals surface area (Å²) in [5, 5.41) is 6.69. The van der Waals surface area contributed by atoms with Gasteiger partial charge < -0.3 is 20.1 Å². The standard InChI is InChI=1S/C55H82N2O6/c1-34(2)43-39(58)33-55(56-46(60)54(25-17-14-18-26-54)57-47(61)63-48(3,4)5)30-29-52(11)37(44(43)55)21-22-41-51(10)27-24-42(50(8,9)40(51)23-28-53(41,52)12)62-45(59)38-32-36(49(38,6)7)31-35-19-15-13-16-20-35/h13,15-16,19-20,34,36-38,40-42H,14,17-18,21-33H2,1-12H3,(H,56,60)(H,57,61)/t36-,37-,38-,40+,41-,42+,51+,52-,53-,55-/m1/s1. The van der Waals surface area contributed by atoms with Gasteiger partial charge in [0.05, 0.1) is 11.5 Å². The molecule has 0 bridgehead atoms. The molecule has 0 radical (unpaired) electrons. The van der Waals surface area contributed by atoms with Gasteiger partial charge in [0, 0.05) is 11.8 Å². The number of Topliss-reactive ketones (excluding diaryl/α,β-unsaturated/α-hetero) is 1. The van der Waals surface area contributed by atoms with Crippen LogP contribution in [0.4, 0.5) is 4.79 Å². The van der Waals surface area contributed by atoms with Crippen LogP contribution in [0.3, 0.4) is 0 Å².